The summed E-state index contributed by atoms with van der Waals surface area (Å²) in [7, 11) is 0. The van der Waals surface area contributed by atoms with Gasteiger partial charge < -0.3 is 15.2 Å². The Balaban J connectivity index is 1.57. The molecule has 5 rings (SSSR count). The summed E-state index contributed by atoms with van der Waals surface area (Å²) in [6, 6.07) is 39.6. The molecule has 0 saturated carbocycles. The van der Waals surface area contributed by atoms with Crippen LogP contribution in [-0.4, -0.2) is 26.2 Å². The zero-order chi connectivity index (χ0) is 29.3. The molecular weight excluding hydrogens is 512 g/mol. The molecule has 0 amide bonds. The molecule has 4 nitrogen and oxygen atoms in total. The maximum Gasteiger partial charge on any atom is 0.102 e. The van der Waals surface area contributed by atoms with Crippen LogP contribution in [0.4, 0.5) is 17.1 Å². The summed E-state index contributed by atoms with van der Waals surface area (Å²) in [5.74, 6) is 0. The quantitative estimate of drug-likeness (QED) is 0.188. The van der Waals surface area contributed by atoms with Gasteiger partial charge in [0.15, 0.2) is 0 Å². The average Bonchev–Trinajstić information content (AvgIpc) is 3.49. The minimum atomic E-state index is 0.0306. The van der Waals surface area contributed by atoms with E-state index in [9.17, 15) is 0 Å². The van der Waals surface area contributed by atoms with Crippen LogP contribution in [0.15, 0.2) is 127 Å². The average molecular weight is 557 g/mol. The second-order valence-corrected chi connectivity index (χ2v) is 10.7. The van der Waals surface area contributed by atoms with E-state index in [2.05, 4.69) is 169 Å². The number of hydrogen-bond donors (Lipinski definition) is 1. The smallest absolute Gasteiger partial charge is 0.102 e. The predicted octanol–water partition coefficient (Wildman–Crippen LogP) is 8.66. The standard InChI is InChI=1S/C38H44N4/c1-5-40(6-2)34-23-19-31(20-24-34)28-33(27-30-15-11-9-12-16-30)37-29-39-42(36-17-13-10-14-18-36)38(37)32-21-25-35(26-22-32)41(7-3)8-4/h9-26,28-29,38-39H,5-8,27H2,1-4H3. The summed E-state index contributed by atoms with van der Waals surface area (Å²) in [5, 5.41) is 2.30. The molecule has 1 N–H and O–H groups in total. The summed E-state index contributed by atoms with van der Waals surface area (Å²) >= 11 is 0. The summed E-state index contributed by atoms with van der Waals surface area (Å²) in [5.41, 5.74) is 13.7. The van der Waals surface area contributed by atoms with Gasteiger partial charge in [-0.15, -0.1) is 0 Å². The summed E-state index contributed by atoms with van der Waals surface area (Å²) < 4.78 is 0. The zero-order valence-electron chi connectivity index (χ0n) is 25.5. The maximum atomic E-state index is 3.64. The molecule has 0 bridgehead atoms. The van der Waals surface area contributed by atoms with E-state index in [1.54, 1.807) is 0 Å². The first kappa shape index (κ1) is 29.1. The monoisotopic (exact) mass is 556 g/mol. The maximum absolute atomic E-state index is 3.64. The Morgan fingerprint density at radius 3 is 1.74 bits per heavy atom. The molecule has 4 heteroatoms. The number of nitrogens with one attached hydrogen (secondary N) is 1. The van der Waals surface area contributed by atoms with E-state index < -0.39 is 0 Å². The van der Waals surface area contributed by atoms with Crippen molar-refractivity contribution in [2.75, 3.05) is 41.0 Å². The molecule has 0 spiro atoms. The molecule has 1 unspecified atom stereocenters. The molecule has 0 aliphatic carbocycles. The van der Waals surface area contributed by atoms with Gasteiger partial charge in [0.25, 0.3) is 0 Å². The first-order chi connectivity index (χ1) is 20.6. The molecule has 4 aromatic rings. The number of benzene rings is 4. The van der Waals surface area contributed by atoms with Crippen molar-refractivity contribution in [2.45, 2.75) is 40.2 Å². The lowest BCUT2D eigenvalue weighted by atomic mass is 9.88. The number of para-hydroxylation sites is 1. The van der Waals surface area contributed by atoms with Crippen LogP contribution in [0.25, 0.3) is 6.08 Å². The van der Waals surface area contributed by atoms with Crippen LogP contribution < -0.4 is 20.2 Å². The summed E-state index contributed by atoms with van der Waals surface area (Å²) in [4.78, 5) is 4.78. The second kappa shape index (κ2) is 14.0. The van der Waals surface area contributed by atoms with Gasteiger partial charge in [-0.1, -0.05) is 78.9 Å². The van der Waals surface area contributed by atoms with E-state index in [0.29, 0.717) is 0 Å². The highest BCUT2D eigenvalue weighted by molar-refractivity contribution is 5.67. The Morgan fingerprint density at radius 2 is 1.19 bits per heavy atom. The normalized spacial score (nSPS) is 14.9. The highest BCUT2D eigenvalue weighted by Gasteiger charge is 2.31. The van der Waals surface area contributed by atoms with Crippen LogP contribution in [0, 0.1) is 0 Å². The van der Waals surface area contributed by atoms with E-state index in [4.69, 9.17) is 0 Å². The van der Waals surface area contributed by atoms with Gasteiger partial charge in [0.2, 0.25) is 0 Å². The highest BCUT2D eigenvalue weighted by Crippen LogP contribution is 2.40. The van der Waals surface area contributed by atoms with Gasteiger partial charge in [-0.3, -0.25) is 5.01 Å². The van der Waals surface area contributed by atoms with Crippen molar-refractivity contribution >= 4 is 23.1 Å². The van der Waals surface area contributed by atoms with Gasteiger partial charge in [0.05, 0.1) is 5.69 Å². The third kappa shape index (κ3) is 6.54. The van der Waals surface area contributed by atoms with Crippen molar-refractivity contribution in [3.05, 3.63) is 143 Å². The van der Waals surface area contributed by atoms with Crippen LogP contribution in [0.5, 0.6) is 0 Å². The van der Waals surface area contributed by atoms with Crippen molar-refractivity contribution in [1.82, 2.24) is 5.43 Å². The molecule has 1 aliphatic rings. The first-order valence-corrected chi connectivity index (χ1v) is 15.4. The summed E-state index contributed by atoms with van der Waals surface area (Å²) in [6.07, 6.45) is 5.43. The van der Waals surface area contributed by atoms with Crippen LogP contribution in [0.1, 0.15) is 50.4 Å². The fourth-order valence-electron chi connectivity index (χ4n) is 5.92. The van der Waals surface area contributed by atoms with Gasteiger partial charge in [-0.05, 0) is 92.8 Å². The van der Waals surface area contributed by atoms with Crippen LogP contribution in [0.3, 0.4) is 0 Å². The molecule has 0 saturated heterocycles. The van der Waals surface area contributed by atoms with E-state index in [1.807, 2.05) is 0 Å². The number of nitrogens with zero attached hydrogens (tertiary/aromatic N) is 3. The molecule has 1 aliphatic heterocycles. The van der Waals surface area contributed by atoms with E-state index in [0.717, 1.165) is 38.3 Å². The fourth-order valence-corrected chi connectivity index (χ4v) is 5.92. The molecule has 1 heterocycles. The lowest BCUT2D eigenvalue weighted by Crippen LogP contribution is -2.33. The third-order valence-corrected chi connectivity index (χ3v) is 8.25. The number of rotatable bonds is 12. The Kier molecular flexibility index (Phi) is 9.66. The Morgan fingerprint density at radius 1 is 0.667 bits per heavy atom. The van der Waals surface area contributed by atoms with Crippen LogP contribution in [-0.2, 0) is 6.42 Å². The van der Waals surface area contributed by atoms with Crippen molar-refractivity contribution in [2.24, 2.45) is 0 Å². The minimum absolute atomic E-state index is 0.0306. The van der Waals surface area contributed by atoms with Crippen molar-refractivity contribution in [3.8, 4) is 0 Å². The molecule has 216 valence electrons. The molecule has 42 heavy (non-hydrogen) atoms. The number of hydrogen-bond acceptors (Lipinski definition) is 4. The van der Waals surface area contributed by atoms with E-state index >= 15 is 0 Å². The molecule has 4 aromatic carbocycles. The lowest BCUT2D eigenvalue weighted by molar-refractivity contribution is 0.703. The van der Waals surface area contributed by atoms with Crippen molar-refractivity contribution in [1.29, 1.82) is 0 Å². The van der Waals surface area contributed by atoms with Gasteiger partial charge in [0, 0.05) is 49.3 Å². The van der Waals surface area contributed by atoms with E-state index in [-0.39, 0.29) is 6.04 Å². The Bertz CT molecular complexity index is 1450. The van der Waals surface area contributed by atoms with Crippen LogP contribution >= 0.6 is 0 Å². The number of anilines is 3. The second-order valence-electron chi connectivity index (χ2n) is 10.7. The van der Waals surface area contributed by atoms with Crippen molar-refractivity contribution in [3.63, 3.8) is 0 Å². The Labute approximate surface area is 252 Å². The topological polar surface area (TPSA) is 21.8 Å². The van der Waals surface area contributed by atoms with Crippen molar-refractivity contribution < 1.29 is 0 Å². The van der Waals surface area contributed by atoms with Gasteiger partial charge >= 0.3 is 0 Å². The largest absolute Gasteiger partial charge is 0.372 e. The molecule has 0 radical (unpaired) electrons. The summed E-state index contributed by atoms with van der Waals surface area (Å²) in [6.45, 7) is 12.9. The van der Waals surface area contributed by atoms with E-state index in [1.165, 1.54) is 39.2 Å². The highest BCUT2D eigenvalue weighted by atomic mass is 15.5. The predicted molar refractivity (Wildman–Crippen MR) is 181 cm³/mol. The fraction of sp³-hybridized carbons (Fsp3) is 0.263. The van der Waals surface area contributed by atoms with Gasteiger partial charge in [-0.25, -0.2) is 0 Å². The van der Waals surface area contributed by atoms with Gasteiger partial charge in [-0.2, -0.15) is 0 Å². The van der Waals surface area contributed by atoms with Gasteiger partial charge in [0.1, 0.15) is 6.04 Å². The zero-order valence-corrected chi connectivity index (χ0v) is 25.5. The first-order valence-electron chi connectivity index (χ1n) is 15.4. The molecule has 0 aromatic heterocycles. The Hall–Kier alpha value is -4.44. The molecular formula is C38H44N4. The third-order valence-electron chi connectivity index (χ3n) is 8.25. The SMILES string of the molecule is CCN(CC)c1ccc(C=C(Cc2ccccc2)C2=CNN(c3ccccc3)C2c2ccc(N(CC)CC)cc2)cc1. The molecule has 0 fully saturated rings. The lowest BCUT2D eigenvalue weighted by Gasteiger charge is -2.30. The minimum Gasteiger partial charge on any atom is -0.372 e. The number of hydrazine groups is 1. The van der Waals surface area contributed by atoms with Crippen LogP contribution in [0.2, 0.25) is 0 Å². The molecule has 1 atom stereocenters.